The Labute approximate surface area is 173 Å². The zero-order chi connectivity index (χ0) is 20.2. The number of benzene rings is 2. The molecule has 0 aliphatic carbocycles. The SMILES string of the molecule is COc1cccc2c1N(C(=O)c1ccc(CNC(=O)c3cccs3)cc1)CCC2. The maximum absolute atomic E-state index is 13.2. The fourth-order valence-electron chi connectivity index (χ4n) is 3.58. The van der Waals surface area contributed by atoms with Crippen LogP contribution in [0.25, 0.3) is 0 Å². The van der Waals surface area contributed by atoms with Gasteiger partial charge in [0.05, 0.1) is 17.7 Å². The van der Waals surface area contributed by atoms with Crippen molar-refractivity contribution < 1.29 is 14.3 Å². The minimum Gasteiger partial charge on any atom is -0.495 e. The van der Waals surface area contributed by atoms with E-state index < -0.39 is 0 Å². The van der Waals surface area contributed by atoms with Crippen molar-refractivity contribution in [1.29, 1.82) is 0 Å². The lowest BCUT2D eigenvalue weighted by Crippen LogP contribution is -2.35. The molecule has 2 amide bonds. The van der Waals surface area contributed by atoms with Crippen LogP contribution in [0.15, 0.2) is 60.0 Å². The summed E-state index contributed by atoms with van der Waals surface area (Å²) in [4.78, 5) is 27.7. The smallest absolute Gasteiger partial charge is 0.261 e. The van der Waals surface area contributed by atoms with Gasteiger partial charge in [0.1, 0.15) is 5.75 Å². The van der Waals surface area contributed by atoms with Gasteiger partial charge in [-0.2, -0.15) is 0 Å². The molecule has 0 saturated carbocycles. The molecule has 1 aromatic heterocycles. The molecule has 0 radical (unpaired) electrons. The van der Waals surface area contributed by atoms with Crippen LogP contribution in [-0.4, -0.2) is 25.5 Å². The van der Waals surface area contributed by atoms with Gasteiger partial charge in [0.15, 0.2) is 0 Å². The molecule has 0 atom stereocenters. The van der Waals surface area contributed by atoms with E-state index in [0.29, 0.717) is 23.5 Å². The van der Waals surface area contributed by atoms with Crippen LogP contribution in [0.4, 0.5) is 5.69 Å². The van der Waals surface area contributed by atoms with E-state index in [-0.39, 0.29) is 11.8 Å². The van der Waals surface area contributed by atoms with E-state index in [0.717, 1.165) is 35.4 Å². The van der Waals surface area contributed by atoms with E-state index in [9.17, 15) is 9.59 Å². The monoisotopic (exact) mass is 406 g/mol. The highest BCUT2D eigenvalue weighted by molar-refractivity contribution is 7.12. The fraction of sp³-hybridized carbons (Fsp3) is 0.217. The molecule has 1 N–H and O–H groups in total. The average molecular weight is 407 g/mol. The summed E-state index contributed by atoms with van der Waals surface area (Å²) >= 11 is 1.41. The van der Waals surface area contributed by atoms with Gasteiger partial charge in [-0.15, -0.1) is 11.3 Å². The van der Waals surface area contributed by atoms with Gasteiger partial charge in [0.25, 0.3) is 11.8 Å². The molecule has 148 valence electrons. The standard InChI is InChI=1S/C23H22N2O3S/c1-28-19-7-2-5-17-6-3-13-25(21(17)19)23(27)18-11-9-16(10-12-18)15-24-22(26)20-8-4-14-29-20/h2,4-5,7-12,14H,3,6,13,15H2,1H3,(H,24,26). The summed E-state index contributed by atoms with van der Waals surface area (Å²) in [6.45, 7) is 1.09. The second kappa shape index (κ2) is 8.49. The molecule has 6 heteroatoms. The first kappa shape index (κ1) is 19.2. The lowest BCUT2D eigenvalue weighted by Gasteiger charge is -2.31. The Morgan fingerprint density at radius 3 is 2.66 bits per heavy atom. The highest BCUT2D eigenvalue weighted by Gasteiger charge is 2.26. The van der Waals surface area contributed by atoms with Crippen LogP contribution in [0, 0.1) is 0 Å². The van der Waals surface area contributed by atoms with Crippen molar-refractivity contribution in [2.75, 3.05) is 18.6 Å². The molecule has 0 spiro atoms. The molecule has 2 aromatic carbocycles. The van der Waals surface area contributed by atoms with Crippen LogP contribution in [0.3, 0.4) is 0 Å². The molecule has 4 rings (SSSR count). The number of rotatable bonds is 5. The van der Waals surface area contributed by atoms with Crippen LogP contribution >= 0.6 is 11.3 Å². The molecule has 1 aliphatic rings. The Kier molecular flexibility index (Phi) is 5.62. The van der Waals surface area contributed by atoms with Crippen molar-refractivity contribution in [3.05, 3.63) is 81.5 Å². The molecule has 0 unspecified atom stereocenters. The number of hydrogen-bond acceptors (Lipinski definition) is 4. The van der Waals surface area contributed by atoms with Crippen LogP contribution in [0.1, 0.15) is 37.6 Å². The van der Waals surface area contributed by atoms with Gasteiger partial charge in [-0.1, -0.05) is 30.3 Å². The second-order valence-corrected chi connectivity index (χ2v) is 7.83. The molecule has 2 heterocycles. The third-order valence-electron chi connectivity index (χ3n) is 5.04. The number of hydrogen-bond donors (Lipinski definition) is 1. The van der Waals surface area contributed by atoms with Crippen molar-refractivity contribution in [2.45, 2.75) is 19.4 Å². The number of ether oxygens (including phenoxy) is 1. The number of anilines is 1. The number of fused-ring (bicyclic) bond motifs is 1. The molecule has 0 bridgehead atoms. The summed E-state index contributed by atoms with van der Waals surface area (Å²) < 4.78 is 5.50. The van der Waals surface area contributed by atoms with E-state index in [1.54, 1.807) is 13.2 Å². The van der Waals surface area contributed by atoms with Crippen molar-refractivity contribution in [1.82, 2.24) is 5.32 Å². The van der Waals surface area contributed by atoms with Gasteiger partial charge in [-0.3, -0.25) is 9.59 Å². The molecule has 29 heavy (non-hydrogen) atoms. The number of methoxy groups -OCH3 is 1. The van der Waals surface area contributed by atoms with E-state index in [2.05, 4.69) is 11.4 Å². The summed E-state index contributed by atoms with van der Waals surface area (Å²) in [6, 6.07) is 17.0. The predicted molar refractivity (Wildman–Crippen MR) is 115 cm³/mol. The van der Waals surface area contributed by atoms with Gasteiger partial charge >= 0.3 is 0 Å². The largest absolute Gasteiger partial charge is 0.495 e. The van der Waals surface area contributed by atoms with E-state index >= 15 is 0 Å². The predicted octanol–water partition coefficient (Wildman–Crippen LogP) is 4.28. The zero-order valence-electron chi connectivity index (χ0n) is 16.2. The molecule has 1 aliphatic heterocycles. The molecule has 0 fully saturated rings. The second-order valence-electron chi connectivity index (χ2n) is 6.89. The molecular formula is C23H22N2O3S. The quantitative estimate of drug-likeness (QED) is 0.688. The average Bonchev–Trinajstić information content (AvgIpc) is 3.31. The summed E-state index contributed by atoms with van der Waals surface area (Å²) in [5.41, 5.74) is 3.58. The van der Waals surface area contributed by atoms with Crippen LogP contribution in [0.2, 0.25) is 0 Å². The minimum atomic E-state index is -0.0860. The number of para-hydroxylation sites is 1. The maximum atomic E-state index is 13.2. The Morgan fingerprint density at radius 2 is 1.93 bits per heavy atom. The number of nitrogens with one attached hydrogen (secondary N) is 1. The fourth-order valence-corrected chi connectivity index (χ4v) is 4.22. The van der Waals surface area contributed by atoms with Crippen molar-refractivity contribution in [2.24, 2.45) is 0 Å². The van der Waals surface area contributed by atoms with Crippen molar-refractivity contribution in [3.63, 3.8) is 0 Å². The first-order valence-corrected chi connectivity index (χ1v) is 10.4. The van der Waals surface area contributed by atoms with Crippen molar-refractivity contribution in [3.8, 4) is 5.75 Å². The molecule has 3 aromatic rings. The van der Waals surface area contributed by atoms with Gasteiger partial charge in [0.2, 0.25) is 0 Å². The Morgan fingerprint density at radius 1 is 1.10 bits per heavy atom. The van der Waals surface area contributed by atoms with Crippen LogP contribution in [0.5, 0.6) is 5.75 Å². The number of carbonyl (C=O) groups excluding carboxylic acids is 2. The van der Waals surface area contributed by atoms with E-state index in [4.69, 9.17) is 4.74 Å². The summed E-state index contributed by atoms with van der Waals surface area (Å²) in [5, 5.41) is 4.78. The first-order valence-electron chi connectivity index (χ1n) is 9.56. The first-order chi connectivity index (χ1) is 14.2. The van der Waals surface area contributed by atoms with E-state index in [1.807, 2.05) is 52.7 Å². The normalized spacial score (nSPS) is 12.9. The number of carbonyl (C=O) groups is 2. The minimum absolute atomic E-state index is 0.0374. The van der Waals surface area contributed by atoms with E-state index in [1.165, 1.54) is 11.3 Å². The Balaban J connectivity index is 1.47. The van der Waals surface area contributed by atoms with Gasteiger partial charge < -0.3 is 15.0 Å². The Hall–Kier alpha value is -3.12. The highest BCUT2D eigenvalue weighted by Crippen LogP contribution is 2.36. The van der Waals surface area contributed by atoms with Crippen molar-refractivity contribution >= 4 is 28.8 Å². The number of amides is 2. The number of nitrogens with zero attached hydrogens (tertiary/aromatic N) is 1. The highest BCUT2D eigenvalue weighted by atomic mass is 32.1. The lowest BCUT2D eigenvalue weighted by atomic mass is 9.99. The third-order valence-corrected chi connectivity index (χ3v) is 5.91. The van der Waals surface area contributed by atoms with Gasteiger partial charge in [-0.05, 0) is 53.6 Å². The zero-order valence-corrected chi connectivity index (χ0v) is 17.0. The Bertz CT molecular complexity index is 999. The van der Waals surface area contributed by atoms with Crippen LogP contribution < -0.4 is 15.0 Å². The number of thiophene rings is 1. The number of aryl methyl sites for hydroxylation is 1. The lowest BCUT2D eigenvalue weighted by molar-refractivity contribution is 0.0952. The molecular weight excluding hydrogens is 384 g/mol. The topological polar surface area (TPSA) is 58.6 Å². The van der Waals surface area contributed by atoms with Gasteiger partial charge in [-0.25, -0.2) is 0 Å². The van der Waals surface area contributed by atoms with Crippen LogP contribution in [-0.2, 0) is 13.0 Å². The molecule has 5 nitrogen and oxygen atoms in total. The third kappa shape index (κ3) is 4.03. The molecule has 0 saturated heterocycles. The summed E-state index contributed by atoms with van der Waals surface area (Å²) in [6.07, 6.45) is 1.87. The summed E-state index contributed by atoms with van der Waals surface area (Å²) in [7, 11) is 1.63. The maximum Gasteiger partial charge on any atom is 0.261 e. The van der Waals surface area contributed by atoms with Gasteiger partial charge in [0, 0.05) is 18.7 Å². The summed E-state index contributed by atoms with van der Waals surface area (Å²) in [5.74, 6) is 0.602.